The van der Waals surface area contributed by atoms with Gasteiger partial charge in [0.25, 0.3) is 5.91 Å². The van der Waals surface area contributed by atoms with Crippen LogP contribution in [0.25, 0.3) is 0 Å². The highest BCUT2D eigenvalue weighted by Crippen LogP contribution is 2.22. The van der Waals surface area contributed by atoms with Gasteiger partial charge in [0.05, 0.1) is 5.02 Å². The third-order valence-electron chi connectivity index (χ3n) is 3.66. The molecule has 0 aliphatic carbocycles. The number of carbonyl (C=O) groups excluding carboxylic acids is 1. The van der Waals surface area contributed by atoms with Crippen LogP contribution in [0.15, 0.2) is 18.2 Å². The summed E-state index contributed by atoms with van der Waals surface area (Å²) in [6.07, 6.45) is 1.98. The van der Waals surface area contributed by atoms with Gasteiger partial charge in [-0.25, -0.2) is 4.39 Å². The van der Waals surface area contributed by atoms with Crippen LogP contribution in [-0.4, -0.2) is 29.9 Å². The molecule has 5 heteroatoms. The van der Waals surface area contributed by atoms with Crippen molar-refractivity contribution in [1.82, 2.24) is 4.90 Å². The third kappa shape index (κ3) is 3.25. The van der Waals surface area contributed by atoms with Crippen LogP contribution in [0.3, 0.4) is 0 Å². The maximum atomic E-state index is 13.4. The smallest absolute Gasteiger partial charge is 0.253 e. The Kier molecular flexibility index (Phi) is 4.42. The summed E-state index contributed by atoms with van der Waals surface area (Å²) < 4.78 is 13.4. The average molecular weight is 285 g/mol. The van der Waals surface area contributed by atoms with Crippen LogP contribution < -0.4 is 5.73 Å². The summed E-state index contributed by atoms with van der Waals surface area (Å²) in [4.78, 5) is 14.1. The van der Waals surface area contributed by atoms with Gasteiger partial charge in [-0.05, 0) is 43.9 Å². The first-order chi connectivity index (χ1) is 8.99. The minimum atomic E-state index is -0.562. The van der Waals surface area contributed by atoms with E-state index in [0.717, 1.165) is 12.8 Å². The van der Waals surface area contributed by atoms with E-state index in [4.69, 9.17) is 17.3 Å². The van der Waals surface area contributed by atoms with Crippen LogP contribution in [0.4, 0.5) is 4.39 Å². The summed E-state index contributed by atoms with van der Waals surface area (Å²) in [6.45, 7) is 3.30. The van der Waals surface area contributed by atoms with Gasteiger partial charge < -0.3 is 10.6 Å². The molecular formula is C14H18ClFN2O. The summed E-state index contributed by atoms with van der Waals surface area (Å²) >= 11 is 5.62. The Morgan fingerprint density at radius 2 is 2.32 bits per heavy atom. The Balaban J connectivity index is 2.12. The van der Waals surface area contributed by atoms with Crippen molar-refractivity contribution < 1.29 is 9.18 Å². The van der Waals surface area contributed by atoms with Crippen molar-refractivity contribution in [2.45, 2.75) is 25.8 Å². The minimum Gasteiger partial charge on any atom is -0.338 e. The number of rotatable bonds is 2. The Bertz CT molecular complexity index is 479. The van der Waals surface area contributed by atoms with Gasteiger partial charge in [0.1, 0.15) is 5.82 Å². The number of amides is 1. The van der Waals surface area contributed by atoms with Gasteiger partial charge in [-0.1, -0.05) is 11.6 Å². The lowest BCUT2D eigenvalue weighted by Gasteiger charge is -2.34. The molecular weight excluding hydrogens is 267 g/mol. The van der Waals surface area contributed by atoms with Crippen molar-refractivity contribution in [3.63, 3.8) is 0 Å². The average Bonchev–Trinajstić information content (AvgIpc) is 2.41. The van der Waals surface area contributed by atoms with E-state index < -0.39 is 5.82 Å². The molecule has 1 aliphatic heterocycles. The lowest BCUT2D eigenvalue weighted by Crippen LogP contribution is -2.45. The van der Waals surface area contributed by atoms with E-state index >= 15 is 0 Å². The van der Waals surface area contributed by atoms with Gasteiger partial charge in [-0.2, -0.15) is 0 Å². The van der Waals surface area contributed by atoms with E-state index in [2.05, 4.69) is 0 Å². The Morgan fingerprint density at radius 1 is 1.58 bits per heavy atom. The molecule has 2 N–H and O–H groups in total. The summed E-state index contributed by atoms with van der Waals surface area (Å²) in [5, 5.41) is 0.0312. The Hall–Kier alpha value is -1.13. The second kappa shape index (κ2) is 5.88. The number of likely N-dealkylation sites (tertiary alicyclic amines) is 1. The second-order valence-corrected chi connectivity index (χ2v) is 5.55. The lowest BCUT2D eigenvalue weighted by molar-refractivity contribution is 0.0660. The number of benzene rings is 1. The number of piperidine rings is 1. The molecule has 1 fully saturated rings. The largest absolute Gasteiger partial charge is 0.338 e. The van der Waals surface area contributed by atoms with Crippen LogP contribution in [0.2, 0.25) is 5.02 Å². The zero-order chi connectivity index (χ0) is 14.0. The molecule has 1 aliphatic rings. The number of nitrogens with zero attached hydrogens (tertiary/aromatic N) is 1. The summed E-state index contributed by atoms with van der Waals surface area (Å²) in [5.74, 6) is -0.399. The van der Waals surface area contributed by atoms with Gasteiger partial charge in [0.15, 0.2) is 0 Å². The van der Waals surface area contributed by atoms with Crippen LogP contribution in [0.1, 0.15) is 30.1 Å². The lowest BCUT2D eigenvalue weighted by atomic mass is 9.92. The van der Waals surface area contributed by atoms with Crippen molar-refractivity contribution in [2.24, 2.45) is 11.7 Å². The molecule has 1 heterocycles. The molecule has 0 bridgehead atoms. The van der Waals surface area contributed by atoms with Gasteiger partial charge in [-0.3, -0.25) is 4.79 Å². The molecule has 0 aromatic heterocycles. The summed E-state index contributed by atoms with van der Waals surface area (Å²) in [5.41, 5.74) is 6.24. The predicted molar refractivity (Wildman–Crippen MR) is 73.7 cm³/mol. The predicted octanol–water partition coefficient (Wildman–Crippen LogP) is 2.68. The summed E-state index contributed by atoms with van der Waals surface area (Å²) in [7, 11) is 0. The van der Waals surface area contributed by atoms with Gasteiger partial charge in [0.2, 0.25) is 0 Å². The van der Waals surface area contributed by atoms with Crippen LogP contribution >= 0.6 is 11.6 Å². The number of hydrogen-bond acceptors (Lipinski definition) is 2. The minimum absolute atomic E-state index is 0.0312. The van der Waals surface area contributed by atoms with E-state index in [-0.39, 0.29) is 17.0 Å². The summed E-state index contributed by atoms with van der Waals surface area (Å²) in [6, 6.07) is 4.23. The van der Waals surface area contributed by atoms with Gasteiger partial charge in [-0.15, -0.1) is 0 Å². The van der Waals surface area contributed by atoms with E-state index in [1.54, 1.807) is 11.0 Å². The molecule has 3 nitrogen and oxygen atoms in total. The number of carbonyl (C=O) groups is 1. The normalized spacial score (nSPS) is 21.3. The zero-order valence-corrected chi connectivity index (χ0v) is 11.7. The third-order valence-corrected chi connectivity index (χ3v) is 3.96. The molecule has 0 radical (unpaired) electrons. The van der Waals surface area contributed by atoms with Gasteiger partial charge >= 0.3 is 0 Å². The first-order valence-corrected chi connectivity index (χ1v) is 6.86. The van der Waals surface area contributed by atoms with E-state index in [1.807, 2.05) is 6.92 Å². The first-order valence-electron chi connectivity index (χ1n) is 6.49. The number of halogens is 2. The molecule has 19 heavy (non-hydrogen) atoms. The number of hydrogen-bond donors (Lipinski definition) is 1. The topological polar surface area (TPSA) is 46.3 Å². The zero-order valence-electron chi connectivity index (χ0n) is 10.9. The Morgan fingerprint density at radius 3 is 2.95 bits per heavy atom. The molecule has 2 unspecified atom stereocenters. The molecule has 1 aromatic rings. The van der Waals surface area contributed by atoms with Crippen molar-refractivity contribution in [2.75, 3.05) is 13.1 Å². The van der Waals surface area contributed by atoms with Crippen molar-refractivity contribution in [3.8, 4) is 0 Å². The monoisotopic (exact) mass is 284 g/mol. The van der Waals surface area contributed by atoms with Crippen molar-refractivity contribution >= 4 is 17.5 Å². The quantitative estimate of drug-likeness (QED) is 0.907. The second-order valence-electron chi connectivity index (χ2n) is 5.14. The fraction of sp³-hybridized carbons (Fsp3) is 0.500. The van der Waals surface area contributed by atoms with E-state index in [9.17, 15) is 9.18 Å². The maximum absolute atomic E-state index is 13.4. The SMILES string of the molecule is CC(N)C1CCCN(C(=O)c2ccc(Cl)c(F)c2)C1. The van der Waals surface area contributed by atoms with Gasteiger partial charge in [0, 0.05) is 24.7 Å². The van der Waals surface area contributed by atoms with Crippen LogP contribution in [0.5, 0.6) is 0 Å². The van der Waals surface area contributed by atoms with Crippen molar-refractivity contribution in [3.05, 3.63) is 34.6 Å². The highest BCUT2D eigenvalue weighted by Gasteiger charge is 2.26. The van der Waals surface area contributed by atoms with Crippen LogP contribution in [-0.2, 0) is 0 Å². The molecule has 104 valence electrons. The molecule has 0 saturated carbocycles. The maximum Gasteiger partial charge on any atom is 0.253 e. The van der Waals surface area contributed by atoms with Crippen molar-refractivity contribution in [1.29, 1.82) is 0 Å². The fourth-order valence-corrected chi connectivity index (χ4v) is 2.55. The number of nitrogens with two attached hydrogens (primary N) is 1. The molecule has 2 atom stereocenters. The molecule has 0 spiro atoms. The molecule has 1 amide bonds. The highest BCUT2D eigenvalue weighted by molar-refractivity contribution is 6.30. The molecule has 2 rings (SSSR count). The molecule has 1 aromatic carbocycles. The van der Waals surface area contributed by atoms with E-state index in [0.29, 0.717) is 24.6 Å². The molecule has 1 saturated heterocycles. The van der Waals surface area contributed by atoms with E-state index in [1.165, 1.54) is 12.1 Å². The first kappa shape index (κ1) is 14.3. The fourth-order valence-electron chi connectivity index (χ4n) is 2.44. The van der Waals surface area contributed by atoms with Crippen LogP contribution in [0, 0.1) is 11.7 Å². The highest BCUT2D eigenvalue weighted by atomic mass is 35.5. The standard InChI is InChI=1S/C14H18ClFN2O/c1-9(17)11-3-2-6-18(8-11)14(19)10-4-5-12(15)13(16)7-10/h4-5,7,9,11H,2-3,6,8,17H2,1H3. The Labute approximate surface area is 117 Å².